The molecule has 0 saturated heterocycles. The lowest BCUT2D eigenvalue weighted by Crippen LogP contribution is -2.27. The van der Waals surface area contributed by atoms with E-state index in [0.717, 1.165) is 28.8 Å². The summed E-state index contributed by atoms with van der Waals surface area (Å²) in [5, 5.41) is 4.54. The number of nitrogens with zero attached hydrogens (tertiary/aromatic N) is 2. The molecule has 1 N–H and O–H groups in total. The summed E-state index contributed by atoms with van der Waals surface area (Å²) in [6, 6.07) is 10.6. The maximum atomic E-state index is 4.51. The monoisotopic (exact) mass is 211 g/mol. The van der Waals surface area contributed by atoms with Crippen molar-refractivity contribution in [3.05, 3.63) is 42.1 Å². The van der Waals surface area contributed by atoms with E-state index in [1.807, 2.05) is 30.5 Å². The van der Waals surface area contributed by atoms with Gasteiger partial charge in [-0.3, -0.25) is 9.98 Å². The van der Waals surface area contributed by atoms with Crippen LogP contribution in [-0.4, -0.2) is 23.4 Å². The van der Waals surface area contributed by atoms with Crippen LogP contribution in [0.4, 0.5) is 0 Å². The van der Waals surface area contributed by atoms with E-state index in [2.05, 4.69) is 28.3 Å². The van der Waals surface area contributed by atoms with Crippen LogP contribution in [0.1, 0.15) is 12.5 Å². The maximum absolute atomic E-state index is 4.51. The lowest BCUT2D eigenvalue weighted by atomic mass is 10.1. The van der Waals surface area contributed by atoms with Crippen molar-refractivity contribution in [2.24, 2.45) is 4.99 Å². The molecule has 2 heterocycles. The molecule has 1 aliphatic rings. The molecule has 1 atom stereocenters. The van der Waals surface area contributed by atoms with Gasteiger partial charge in [0.05, 0.1) is 12.1 Å². The normalized spacial score (nSPS) is 19.6. The molecule has 3 rings (SSSR count). The van der Waals surface area contributed by atoms with E-state index in [1.165, 1.54) is 0 Å². The summed E-state index contributed by atoms with van der Waals surface area (Å²) in [6.07, 6.45) is 1.84. The zero-order chi connectivity index (χ0) is 11.0. The predicted molar refractivity (Wildman–Crippen MR) is 65.7 cm³/mol. The van der Waals surface area contributed by atoms with Crippen molar-refractivity contribution in [1.29, 1.82) is 0 Å². The molecule has 16 heavy (non-hydrogen) atoms. The Hall–Kier alpha value is -1.90. The molecule has 80 valence electrons. The van der Waals surface area contributed by atoms with Crippen LogP contribution < -0.4 is 5.32 Å². The second kappa shape index (κ2) is 3.59. The minimum Gasteiger partial charge on any atom is -0.366 e. The summed E-state index contributed by atoms with van der Waals surface area (Å²) in [4.78, 5) is 8.86. The number of aromatic nitrogens is 1. The van der Waals surface area contributed by atoms with E-state index in [9.17, 15) is 0 Å². The van der Waals surface area contributed by atoms with Gasteiger partial charge in [0.25, 0.3) is 0 Å². The highest BCUT2D eigenvalue weighted by Gasteiger charge is 2.15. The minimum absolute atomic E-state index is 0.432. The second-order valence-corrected chi connectivity index (χ2v) is 4.11. The van der Waals surface area contributed by atoms with Crippen molar-refractivity contribution >= 4 is 16.7 Å². The summed E-state index contributed by atoms with van der Waals surface area (Å²) in [7, 11) is 0. The molecular weight excluding hydrogens is 198 g/mol. The molecule has 2 aromatic rings. The van der Waals surface area contributed by atoms with Gasteiger partial charge in [-0.05, 0) is 19.1 Å². The molecule has 0 fully saturated rings. The zero-order valence-electron chi connectivity index (χ0n) is 9.14. The fraction of sp³-hybridized carbons (Fsp3) is 0.231. The van der Waals surface area contributed by atoms with Gasteiger partial charge in [-0.2, -0.15) is 0 Å². The first-order valence-corrected chi connectivity index (χ1v) is 5.50. The smallest absolute Gasteiger partial charge is 0.129 e. The quantitative estimate of drug-likeness (QED) is 0.783. The van der Waals surface area contributed by atoms with Gasteiger partial charge in [-0.25, -0.2) is 0 Å². The van der Waals surface area contributed by atoms with Crippen LogP contribution in [-0.2, 0) is 0 Å². The van der Waals surface area contributed by atoms with E-state index in [4.69, 9.17) is 0 Å². The van der Waals surface area contributed by atoms with Gasteiger partial charge in [0.1, 0.15) is 5.84 Å². The third-order valence-electron chi connectivity index (χ3n) is 2.81. The topological polar surface area (TPSA) is 37.3 Å². The van der Waals surface area contributed by atoms with Crippen molar-refractivity contribution in [2.45, 2.75) is 13.0 Å². The number of amidine groups is 1. The molecule has 1 aliphatic heterocycles. The van der Waals surface area contributed by atoms with Crippen molar-refractivity contribution in [3.8, 4) is 0 Å². The zero-order valence-corrected chi connectivity index (χ0v) is 9.14. The Morgan fingerprint density at radius 3 is 2.94 bits per heavy atom. The van der Waals surface area contributed by atoms with Crippen LogP contribution in [0.2, 0.25) is 0 Å². The fourth-order valence-electron chi connectivity index (χ4n) is 2.02. The molecular formula is C13H13N3. The third-order valence-corrected chi connectivity index (χ3v) is 2.81. The van der Waals surface area contributed by atoms with E-state index in [1.54, 1.807) is 0 Å². The number of fused-ring (bicyclic) bond motifs is 1. The predicted octanol–water partition coefficient (Wildman–Crippen LogP) is 1.97. The van der Waals surface area contributed by atoms with Gasteiger partial charge in [-0.1, -0.05) is 18.2 Å². The Morgan fingerprint density at radius 2 is 2.12 bits per heavy atom. The summed E-state index contributed by atoms with van der Waals surface area (Å²) in [5.74, 6) is 0.992. The van der Waals surface area contributed by atoms with Crippen LogP contribution in [0.3, 0.4) is 0 Å². The average molecular weight is 211 g/mol. The van der Waals surface area contributed by atoms with E-state index >= 15 is 0 Å². The Kier molecular flexibility index (Phi) is 2.10. The average Bonchev–Trinajstić information content (AvgIpc) is 2.75. The van der Waals surface area contributed by atoms with E-state index < -0.39 is 0 Å². The van der Waals surface area contributed by atoms with Gasteiger partial charge in [0.2, 0.25) is 0 Å². The molecule has 3 nitrogen and oxygen atoms in total. The summed E-state index contributed by atoms with van der Waals surface area (Å²) in [5.41, 5.74) is 2.17. The second-order valence-electron chi connectivity index (χ2n) is 4.11. The molecule has 0 radical (unpaired) electrons. The van der Waals surface area contributed by atoms with Gasteiger partial charge in [0.15, 0.2) is 0 Å². The van der Waals surface area contributed by atoms with Crippen molar-refractivity contribution in [2.75, 3.05) is 6.54 Å². The molecule has 0 amide bonds. The van der Waals surface area contributed by atoms with Crippen LogP contribution in [0.5, 0.6) is 0 Å². The fourth-order valence-corrected chi connectivity index (χ4v) is 2.02. The largest absolute Gasteiger partial charge is 0.366 e. The summed E-state index contributed by atoms with van der Waals surface area (Å²) in [6.45, 7) is 2.99. The van der Waals surface area contributed by atoms with Crippen LogP contribution in [0, 0.1) is 0 Å². The SMILES string of the molecule is CC1CN=C(c2ccnc3ccccc23)N1. The van der Waals surface area contributed by atoms with E-state index in [0.29, 0.717) is 6.04 Å². The molecule has 0 bridgehead atoms. The molecule has 1 aromatic carbocycles. The molecule has 1 unspecified atom stereocenters. The maximum Gasteiger partial charge on any atom is 0.129 e. The molecule has 0 aliphatic carbocycles. The van der Waals surface area contributed by atoms with Crippen molar-refractivity contribution in [3.63, 3.8) is 0 Å². The Labute approximate surface area is 94.2 Å². The Morgan fingerprint density at radius 1 is 1.25 bits per heavy atom. The minimum atomic E-state index is 0.432. The Balaban J connectivity index is 2.17. The number of hydrogen-bond donors (Lipinski definition) is 1. The van der Waals surface area contributed by atoms with Gasteiger partial charge < -0.3 is 5.32 Å². The van der Waals surface area contributed by atoms with Crippen LogP contribution in [0.15, 0.2) is 41.5 Å². The lowest BCUT2D eigenvalue weighted by Gasteiger charge is -2.08. The van der Waals surface area contributed by atoms with Gasteiger partial charge in [-0.15, -0.1) is 0 Å². The lowest BCUT2D eigenvalue weighted by molar-refractivity contribution is 0.726. The number of aliphatic imine (C=N–C) groups is 1. The first-order chi connectivity index (χ1) is 7.84. The highest BCUT2D eigenvalue weighted by atomic mass is 15.1. The number of pyridine rings is 1. The molecule has 1 aromatic heterocycles. The van der Waals surface area contributed by atoms with E-state index in [-0.39, 0.29) is 0 Å². The molecule has 3 heteroatoms. The van der Waals surface area contributed by atoms with Crippen LogP contribution in [0.25, 0.3) is 10.9 Å². The molecule has 0 saturated carbocycles. The van der Waals surface area contributed by atoms with Crippen LogP contribution >= 0.6 is 0 Å². The number of hydrogen-bond acceptors (Lipinski definition) is 3. The first kappa shape index (κ1) is 9.33. The number of para-hydroxylation sites is 1. The standard InChI is InChI=1S/C13H13N3/c1-9-8-15-13(16-9)11-6-7-14-12-5-3-2-4-10(11)12/h2-7,9H,8H2,1H3,(H,15,16). The number of rotatable bonds is 1. The first-order valence-electron chi connectivity index (χ1n) is 5.50. The van der Waals surface area contributed by atoms with Crippen molar-refractivity contribution in [1.82, 2.24) is 10.3 Å². The molecule has 0 spiro atoms. The van der Waals surface area contributed by atoms with Gasteiger partial charge in [0, 0.05) is 23.2 Å². The third kappa shape index (κ3) is 1.45. The Bertz CT molecular complexity index is 555. The highest BCUT2D eigenvalue weighted by molar-refractivity contribution is 6.09. The van der Waals surface area contributed by atoms with Gasteiger partial charge >= 0.3 is 0 Å². The highest BCUT2D eigenvalue weighted by Crippen LogP contribution is 2.17. The summed E-state index contributed by atoms with van der Waals surface area (Å²) >= 11 is 0. The van der Waals surface area contributed by atoms with Crippen molar-refractivity contribution < 1.29 is 0 Å². The number of nitrogens with one attached hydrogen (secondary N) is 1. The summed E-state index contributed by atoms with van der Waals surface area (Å²) < 4.78 is 0. The number of benzene rings is 1.